The number of likely N-dealkylation sites (N-methyl/N-ethyl adjacent to an activating group) is 2. The molecular weight excluding hydrogens is 540 g/mol. The number of benzene rings is 2. The summed E-state index contributed by atoms with van der Waals surface area (Å²) < 4.78 is 4.48. The molecule has 2 fully saturated rings. The van der Waals surface area contributed by atoms with E-state index in [0.717, 1.165) is 28.1 Å². The van der Waals surface area contributed by atoms with E-state index < -0.39 is 10.3 Å². The van der Waals surface area contributed by atoms with Gasteiger partial charge in [-0.2, -0.15) is 0 Å². The normalized spacial score (nSPS) is 26.7. The maximum atomic E-state index is 14.8. The summed E-state index contributed by atoms with van der Waals surface area (Å²) in [6.07, 6.45) is 3.49. The van der Waals surface area contributed by atoms with Crippen LogP contribution in [0.3, 0.4) is 0 Å². The van der Waals surface area contributed by atoms with Crippen molar-refractivity contribution in [1.29, 1.82) is 0 Å². The fraction of sp³-hybridized carbons (Fsp3) is 0.286. The van der Waals surface area contributed by atoms with Crippen LogP contribution in [0.5, 0.6) is 5.75 Å². The molecular formula is C28H25ClN4O3S2. The van der Waals surface area contributed by atoms with Crippen LogP contribution >= 0.6 is 35.6 Å². The number of aromatic nitrogens is 1. The van der Waals surface area contributed by atoms with Crippen LogP contribution in [0.2, 0.25) is 5.02 Å². The highest BCUT2D eigenvalue weighted by Gasteiger charge is 2.78. The van der Waals surface area contributed by atoms with E-state index in [2.05, 4.69) is 4.98 Å². The highest BCUT2D eigenvalue weighted by Crippen LogP contribution is 2.66. The number of pyridine rings is 1. The summed E-state index contributed by atoms with van der Waals surface area (Å²) >= 11 is 13.7. The van der Waals surface area contributed by atoms with Crippen LogP contribution in [-0.4, -0.2) is 63.4 Å². The third-order valence-corrected chi connectivity index (χ3v) is 10.2. The summed E-state index contributed by atoms with van der Waals surface area (Å²) in [4.78, 5) is 38.9. The Balaban J connectivity index is 1.56. The Labute approximate surface area is 235 Å². The molecule has 3 atom stereocenters. The van der Waals surface area contributed by atoms with Crippen molar-refractivity contribution in [3.63, 3.8) is 0 Å². The Hall–Kier alpha value is -2.98. The van der Waals surface area contributed by atoms with Crippen molar-refractivity contribution in [3.8, 4) is 5.75 Å². The van der Waals surface area contributed by atoms with Gasteiger partial charge in [0.15, 0.2) is 5.54 Å². The van der Waals surface area contributed by atoms with E-state index in [9.17, 15) is 9.59 Å². The second kappa shape index (κ2) is 9.05. The first-order valence-electron chi connectivity index (χ1n) is 12.1. The first-order chi connectivity index (χ1) is 18.3. The Morgan fingerprint density at radius 1 is 1.13 bits per heavy atom. The van der Waals surface area contributed by atoms with Crippen LogP contribution in [0.25, 0.3) is 0 Å². The van der Waals surface area contributed by atoms with Crippen LogP contribution in [0.15, 0.2) is 67.0 Å². The predicted molar refractivity (Wildman–Crippen MR) is 153 cm³/mol. The van der Waals surface area contributed by atoms with Gasteiger partial charge < -0.3 is 9.64 Å². The molecule has 10 heteroatoms. The van der Waals surface area contributed by atoms with Gasteiger partial charge in [-0.15, -0.1) is 0 Å². The van der Waals surface area contributed by atoms with E-state index in [1.165, 1.54) is 11.8 Å². The summed E-state index contributed by atoms with van der Waals surface area (Å²) in [5, 5.41) is 0.507. The van der Waals surface area contributed by atoms with Gasteiger partial charge in [0.2, 0.25) is 5.91 Å². The number of hydrogen-bond acceptors (Lipinski definition) is 7. The topological polar surface area (TPSA) is 66.0 Å². The number of rotatable bonds is 4. The summed E-state index contributed by atoms with van der Waals surface area (Å²) in [6.45, 7) is 0.761. The molecule has 194 valence electrons. The Kier molecular flexibility index (Phi) is 6.03. The summed E-state index contributed by atoms with van der Waals surface area (Å²) in [6, 6.07) is 16.8. The van der Waals surface area contributed by atoms with Crippen molar-refractivity contribution < 1.29 is 14.3 Å². The number of carbonyl (C=O) groups is 2. The van der Waals surface area contributed by atoms with Gasteiger partial charge in [0.05, 0.1) is 13.7 Å². The van der Waals surface area contributed by atoms with Gasteiger partial charge in [-0.25, -0.2) is 0 Å². The lowest BCUT2D eigenvalue weighted by Crippen LogP contribution is -2.62. The third kappa shape index (κ3) is 3.25. The van der Waals surface area contributed by atoms with Crippen molar-refractivity contribution in [2.75, 3.05) is 32.6 Å². The largest absolute Gasteiger partial charge is 0.497 e. The van der Waals surface area contributed by atoms with Crippen molar-refractivity contribution in [2.45, 2.75) is 22.7 Å². The number of thioether (sulfide) groups is 1. The lowest BCUT2D eigenvalue weighted by molar-refractivity contribution is -0.139. The average molecular weight is 565 g/mol. The van der Waals surface area contributed by atoms with Crippen LogP contribution in [0.1, 0.15) is 22.6 Å². The zero-order valence-corrected chi connectivity index (χ0v) is 23.4. The fourth-order valence-electron chi connectivity index (χ4n) is 6.30. The molecule has 2 saturated heterocycles. The minimum atomic E-state index is -1.30. The second-order valence-corrected chi connectivity index (χ2v) is 12.1. The molecule has 0 N–H and O–H groups in total. The lowest BCUT2D eigenvalue weighted by atomic mass is 9.72. The summed E-state index contributed by atoms with van der Waals surface area (Å²) in [5.41, 5.74) is 1.96. The zero-order chi connectivity index (χ0) is 26.8. The number of nitrogens with zero attached hydrogens (tertiary/aromatic N) is 4. The lowest BCUT2D eigenvalue weighted by Gasteiger charge is -2.42. The molecule has 2 amide bonds. The van der Waals surface area contributed by atoms with Crippen molar-refractivity contribution in [1.82, 2.24) is 14.8 Å². The number of anilines is 1. The zero-order valence-electron chi connectivity index (χ0n) is 21.1. The number of amides is 2. The van der Waals surface area contributed by atoms with Crippen LogP contribution < -0.4 is 9.64 Å². The molecule has 1 aromatic heterocycles. The third-order valence-electron chi connectivity index (χ3n) is 8.00. The van der Waals surface area contributed by atoms with Gasteiger partial charge in [0.1, 0.15) is 14.8 Å². The van der Waals surface area contributed by atoms with E-state index in [1.54, 1.807) is 42.4 Å². The molecule has 2 aromatic carbocycles. The molecule has 3 aliphatic heterocycles. The second-order valence-electron chi connectivity index (χ2n) is 9.80. The van der Waals surface area contributed by atoms with Gasteiger partial charge in [0, 0.05) is 48.2 Å². The van der Waals surface area contributed by atoms with Crippen LogP contribution in [0, 0.1) is 0 Å². The number of hydrogen-bond donors (Lipinski definition) is 0. The first kappa shape index (κ1) is 25.3. The van der Waals surface area contributed by atoms with Gasteiger partial charge in [0.25, 0.3) is 5.91 Å². The highest BCUT2D eigenvalue weighted by atomic mass is 35.5. The molecule has 0 unspecified atom stereocenters. The summed E-state index contributed by atoms with van der Waals surface area (Å²) in [7, 11) is 5.27. The van der Waals surface area contributed by atoms with Gasteiger partial charge in [-0.1, -0.05) is 53.8 Å². The molecule has 2 spiro atoms. The van der Waals surface area contributed by atoms with Crippen molar-refractivity contribution in [2.24, 2.45) is 0 Å². The number of carbonyl (C=O) groups excluding carboxylic acids is 2. The minimum absolute atomic E-state index is 0.168. The highest BCUT2D eigenvalue weighted by molar-refractivity contribution is 8.25. The first-order valence-corrected chi connectivity index (χ1v) is 13.7. The predicted octanol–water partition coefficient (Wildman–Crippen LogP) is 4.44. The van der Waals surface area contributed by atoms with E-state index in [4.69, 9.17) is 28.6 Å². The molecule has 0 bridgehead atoms. The van der Waals surface area contributed by atoms with Gasteiger partial charge in [-0.05, 0) is 54.6 Å². The Morgan fingerprint density at radius 3 is 2.58 bits per heavy atom. The van der Waals surface area contributed by atoms with E-state index in [-0.39, 0.29) is 17.7 Å². The number of ether oxygens (including phenoxy) is 1. The monoisotopic (exact) mass is 564 g/mol. The number of fused-ring (bicyclic) bond motifs is 3. The van der Waals surface area contributed by atoms with Gasteiger partial charge >= 0.3 is 0 Å². The molecule has 4 heterocycles. The standard InChI is InChI=1S/C28H25ClN4O3S2/c1-31-16-22(18-5-4-12-30-14-18)28(27(31)21-13-19(29)8-11-23(21)32(2)24(27)34)25(35)33(26(37)38-28)15-17-6-9-20(36-3)10-7-17/h4-14,22H,15-16H2,1-3H3/t22-,27+,28-/m0/s1. The Bertz CT molecular complexity index is 1470. The molecule has 3 aromatic rings. The Morgan fingerprint density at radius 2 is 1.89 bits per heavy atom. The fourth-order valence-corrected chi connectivity index (χ4v) is 8.60. The number of thiocarbonyl (C=S) groups is 1. The van der Waals surface area contributed by atoms with E-state index in [1.807, 2.05) is 60.5 Å². The van der Waals surface area contributed by atoms with Gasteiger partial charge in [-0.3, -0.25) is 24.4 Å². The molecule has 3 aliphatic rings. The quantitative estimate of drug-likeness (QED) is 0.434. The summed E-state index contributed by atoms with van der Waals surface area (Å²) in [5.74, 6) is 0.0329. The molecule has 0 saturated carbocycles. The SMILES string of the molecule is COc1ccc(CN2C(=O)[C@@]3(SC2=S)[C@H](c2cccnc2)CN(C)[C@]32C(=O)N(C)c3ccc(Cl)cc32)cc1. The number of methoxy groups -OCH3 is 1. The molecule has 0 radical (unpaired) electrons. The van der Waals surface area contributed by atoms with Crippen LogP contribution in [0.4, 0.5) is 5.69 Å². The van der Waals surface area contributed by atoms with E-state index in [0.29, 0.717) is 22.4 Å². The van der Waals surface area contributed by atoms with Crippen molar-refractivity contribution >= 4 is 57.4 Å². The number of likely N-dealkylation sites (tertiary alicyclic amines) is 1. The maximum absolute atomic E-state index is 14.8. The number of halogens is 1. The maximum Gasteiger partial charge on any atom is 0.254 e. The molecule has 38 heavy (non-hydrogen) atoms. The van der Waals surface area contributed by atoms with E-state index >= 15 is 0 Å². The minimum Gasteiger partial charge on any atom is -0.497 e. The average Bonchev–Trinajstić information content (AvgIpc) is 3.43. The van der Waals surface area contributed by atoms with Crippen LogP contribution in [-0.2, 0) is 21.7 Å². The van der Waals surface area contributed by atoms with Crippen molar-refractivity contribution in [3.05, 3.63) is 88.7 Å². The molecule has 7 nitrogen and oxygen atoms in total. The smallest absolute Gasteiger partial charge is 0.254 e. The molecule has 0 aliphatic carbocycles. The molecule has 6 rings (SSSR count).